The lowest BCUT2D eigenvalue weighted by molar-refractivity contribution is 0.513. The average molecular weight is 207 g/mol. The summed E-state index contributed by atoms with van der Waals surface area (Å²) in [6.45, 7) is 6.53. The van der Waals surface area contributed by atoms with Gasteiger partial charge in [0.05, 0.1) is 0 Å². The summed E-state index contributed by atoms with van der Waals surface area (Å²) in [5.41, 5.74) is 2.29. The molecule has 0 saturated heterocycles. The van der Waals surface area contributed by atoms with Crippen LogP contribution in [0.15, 0.2) is 12.4 Å². The smallest absolute Gasteiger partial charge is 0.115 e. The summed E-state index contributed by atoms with van der Waals surface area (Å²) in [6, 6.07) is 2.57. The fourth-order valence-corrected chi connectivity index (χ4v) is 1.56. The fraction of sp³-hybridized carbons (Fsp3) is 0.667. The molecule has 0 spiro atoms. The van der Waals surface area contributed by atoms with Gasteiger partial charge >= 0.3 is 0 Å². The number of aryl methyl sites for hydroxylation is 1. The van der Waals surface area contributed by atoms with Gasteiger partial charge in [0.2, 0.25) is 0 Å². The molecule has 3 heteroatoms. The van der Waals surface area contributed by atoms with Crippen LogP contribution in [0.25, 0.3) is 0 Å². The molecular weight excluding hydrogens is 186 g/mol. The van der Waals surface area contributed by atoms with Gasteiger partial charge in [-0.25, -0.2) is 9.97 Å². The van der Waals surface area contributed by atoms with Gasteiger partial charge in [-0.2, -0.15) is 0 Å². The molecule has 0 aliphatic rings. The Morgan fingerprint density at radius 2 is 2.07 bits per heavy atom. The SMILES string of the molecule is CCCc1cc(C(C)C(C)NC)ncn1. The topological polar surface area (TPSA) is 37.8 Å². The zero-order valence-electron chi connectivity index (χ0n) is 10.1. The van der Waals surface area contributed by atoms with Gasteiger partial charge in [0, 0.05) is 23.3 Å². The molecule has 2 unspecified atom stereocenters. The van der Waals surface area contributed by atoms with Gasteiger partial charge in [0.25, 0.3) is 0 Å². The minimum atomic E-state index is 0.425. The summed E-state index contributed by atoms with van der Waals surface area (Å²) in [6.07, 6.45) is 3.85. The lowest BCUT2D eigenvalue weighted by Gasteiger charge is -2.18. The molecule has 0 aromatic carbocycles. The first kappa shape index (κ1) is 12.1. The lowest BCUT2D eigenvalue weighted by atomic mass is 9.99. The third-order valence-electron chi connectivity index (χ3n) is 2.92. The highest BCUT2D eigenvalue weighted by molar-refractivity contribution is 5.13. The van der Waals surface area contributed by atoms with E-state index in [0.29, 0.717) is 12.0 Å². The first-order chi connectivity index (χ1) is 7.19. The van der Waals surface area contributed by atoms with E-state index in [1.807, 2.05) is 7.05 Å². The third kappa shape index (κ3) is 3.27. The van der Waals surface area contributed by atoms with Crippen LogP contribution in [0.3, 0.4) is 0 Å². The highest BCUT2D eigenvalue weighted by Gasteiger charge is 2.14. The van der Waals surface area contributed by atoms with Crippen LogP contribution in [0.5, 0.6) is 0 Å². The van der Waals surface area contributed by atoms with Crippen molar-refractivity contribution in [3.63, 3.8) is 0 Å². The second-order valence-electron chi connectivity index (χ2n) is 4.05. The molecule has 3 nitrogen and oxygen atoms in total. The van der Waals surface area contributed by atoms with Crippen LogP contribution in [0.1, 0.15) is 44.5 Å². The second kappa shape index (κ2) is 5.81. The highest BCUT2D eigenvalue weighted by Crippen LogP contribution is 2.17. The van der Waals surface area contributed by atoms with Crippen molar-refractivity contribution in [3.8, 4) is 0 Å². The molecule has 2 atom stereocenters. The standard InChI is InChI=1S/C12H21N3/c1-5-6-11-7-12(15-8-14-11)9(2)10(3)13-4/h7-10,13H,5-6H2,1-4H3. The average Bonchev–Trinajstić information content (AvgIpc) is 2.28. The minimum Gasteiger partial charge on any atom is -0.317 e. The van der Waals surface area contributed by atoms with Crippen molar-refractivity contribution in [3.05, 3.63) is 23.8 Å². The second-order valence-corrected chi connectivity index (χ2v) is 4.05. The molecule has 1 heterocycles. The molecule has 0 saturated carbocycles. The number of hydrogen-bond donors (Lipinski definition) is 1. The third-order valence-corrected chi connectivity index (χ3v) is 2.92. The van der Waals surface area contributed by atoms with Gasteiger partial charge in [-0.3, -0.25) is 0 Å². The van der Waals surface area contributed by atoms with Crippen LogP contribution in [0.4, 0.5) is 0 Å². The highest BCUT2D eigenvalue weighted by atomic mass is 14.9. The molecular formula is C12H21N3. The first-order valence-electron chi connectivity index (χ1n) is 5.67. The number of hydrogen-bond acceptors (Lipinski definition) is 3. The Morgan fingerprint density at radius 3 is 2.67 bits per heavy atom. The molecule has 0 fully saturated rings. The van der Waals surface area contributed by atoms with Crippen molar-refractivity contribution >= 4 is 0 Å². The van der Waals surface area contributed by atoms with Crippen molar-refractivity contribution in [2.24, 2.45) is 0 Å². The van der Waals surface area contributed by atoms with E-state index in [4.69, 9.17) is 0 Å². The zero-order valence-corrected chi connectivity index (χ0v) is 10.1. The monoisotopic (exact) mass is 207 g/mol. The number of likely N-dealkylation sites (N-methyl/N-ethyl adjacent to an activating group) is 1. The molecule has 0 aliphatic carbocycles. The van der Waals surface area contributed by atoms with Gasteiger partial charge in [0.1, 0.15) is 6.33 Å². The van der Waals surface area contributed by atoms with Gasteiger partial charge < -0.3 is 5.32 Å². The van der Waals surface area contributed by atoms with E-state index < -0.39 is 0 Å². The van der Waals surface area contributed by atoms with Crippen LogP contribution in [0.2, 0.25) is 0 Å². The predicted molar refractivity (Wildman–Crippen MR) is 63.0 cm³/mol. The molecule has 0 radical (unpaired) electrons. The summed E-state index contributed by atoms with van der Waals surface area (Å²) >= 11 is 0. The van der Waals surface area contributed by atoms with Crippen molar-refractivity contribution in [1.29, 1.82) is 0 Å². The van der Waals surface area contributed by atoms with E-state index in [-0.39, 0.29) is 0 Å². The number of nitrogens with one attached hydrogen (secondary N) is 1. The largest absolute Gasteiger partial charge is 0.317 e. The van der Waals surface area contributed by atoms with E-state index in [2.05, 4.69) is 42.1 Å². The fourth-order valence-electron chi connectivity index (χ4n) is 1.56. The molecule has 1 aromatic rings. The van der Waals surface area contributed by atoms with Crippen LogP contribution in [0, 0.1) is 0 Å². The molecule has 84 valence electrons. The van der Waals surface area contributed by atoms with E-state index in [1.165, 1.54) is 0 Å². The summed E-state index contributed by atoms with van der Waals surface area (Å²) in [7, 11) is 1.98. The summed E-state index contributed by atoms with van der Waals surface area (Å²) in [5, 5.41) is 3.25. The molecule has 0 bridgehead atoms. The lowest BCUT2D eigenvalue weighted by Crippen LogP contribution is -2.27. The van der Waals surface area contributed by atoms with Crippen LogP contribution in [-0.4, -0.2) is 23.1 Å². The molecule has 1 aromatic heterocycles. The Bertz CT molecular complexity index is 299. The van der Waals surface area contributed by atoms with E-state index in [9.17, 15) is 0 Å². The van der Waals surface area contributed by atoms with Crippen molar-refractivity contribution < 1.29 is 0 Å². The number of aromatic nitrogens is 2. The Morgan fingerprint density at radius 1 is 1.33 bits per heavy atom. The van der Waals surface area contributed by atoms with Crippen LogP contribution >= 0.6 is 0 Å². The Labute approximate surface area is 92.3 Å². The number of nitrogens with zero attached hydrogens (tertiary/aromatic N) is 2. The molecule has 1 rings (SSSR count). The van der Waals surface area contributed by atoms with E-state index in [0.717, 1.165) is 24.2 Å². The van der Waals surface area contributed by atoms with Crippen LogP contribution in [-0.2, 0) is 6.42 Å². The normalized spacial score (nSPS) is 14.9. The van der Waals surface area contributed by atoms with Gasteiger partial charge in [-0.15, -0.1) is 0 Å². The quantitative estimate of drug-likeness (QED) is 0.804. The minimum absolute atomic E-state index is 0.425. The molecule has 1 N–H and O–H groups in total. The summed E-state index contributed by atoms with van der Waals surface area (Å²) in [5.74, 6) is 0.425. The van der Waals surface area contributed by atoms with E-state index in [1.54, 1.807) is 6.33 Å². The zero-order chi connectivity index (χ0) is 11.3. The van der Waals surface area contributed by atoms with Gasteiger partial charge in [-0.1, -0.05) is 20.3 Å². The van der Waals surface area contributed by atoms with Crippen LogP contribution < -0.4 is 5.32 Å². The summed E-state index contributed by atoms with van der Waals surface area (Å²) < 4.78 is 0. The maximum Gasteiger partial charge on any atom is 0.115 e. The maximum absolute atomic E-state index is 4.34. The Hall–Kier alpha value is -0.960. The first-order valence-corrected chi connectivity index (χ1v) is 5.67. The number of rotatable bonds is 5. The predicted octanol–water partition coefficient (Wildman–Crippen LogP) is 2.14. The van der Waals surface area contributed by atoms with Crippen molar-refractivity contribution in [2.45, 2.75) is 45.6 Å². The van der Waals surface area contributed by atoms with Crippen molar-refractivity contribution in [2.75, 3.05) is 7.05 Å². The van der Waals surface area contributed by atoms with Crippen molar-refractivity contribution in [1.82, 2.24) is 15.3 Å². The van der Waals surface area contributed by atoms with E-state index >= 15 is 0 Å². The Balaban J connectivity index is 2.80. The molecule has 0 amide bonds. The molecule has 0 aliphatic heterocycles. The molecule has 15 heavy (non-hydrogen) atoms. The summed E-state index contributed by atoms with van der Waals surface area (Å²) in [4.78, 5) is 8.60. The maximum atomic E-state index is 4.34. The van der Waals surface area contributed by atoms with Gasteiger partial charge in [0.15, 0.2) is 0 Å². The Kier molecular flexibility index (Phi) is 4.69. The van der Waals surface area contributed by atoms with Gasteiger partial charge in [-0.05, 0) is 26.5 Å².